The number of ether oxygens (including phenoxy) is 3. The lowest BCUT2D eigenvalue weighted by Crippen LogP contribution is -2.13. The lowest BCUT2D eigenvalue weighted by Gasteiger charge is -2.13. The van der Waals surface area contributed by atoms with Gasteiger partial charge in [-0.15, -0.1) is 0 Å². The molecule has 0 spiro atoms. The molecule has 0 saturated heterocycles. The minimum atomic E-state index is -0.492. The van der Waals surface area contributed by atoms with Gasteiger partial charge < -0.3 is 19.0 Å². The van der Waals surface area contributed by atoms with E-state index in [4.69, 9.17) is 9.47 Å². The van der Waals surface area contributed by atoms with Crippen LogP contribution in [0.4, 0.5) is 5.69 Å². The van der Waals surface area contributed by atoms with Crippen molar-refractivity contribution in [3.05, 3.63) is 28.3 Å². The van der Waals surface area contributed by atoms with E-state index in [1.165, 1.54) is 19.2 Å². The molecule has 1 aromatic rings. The Morgan fingerprint density at radius 3 is 2.27 bits per heavy atom. The fourth-order valence-corrected chi connectivity index (χ4v) is 1.86. The van der Waals surface area contributed by atoms with E-state index in [-0.39, 0.29) is 11.1 Å². The summed E-state index contributed by atoms with van der Waals surface area (Å²) in [5.41, 5.74) is -0.144. The Morgan fingerprint density at radius 2 is 1.82 bits per heavy atom. The Labute approximate surface area is 129 Å². The van der Waals surface area contributed by atoms with Crippen molar-refractivity contribution in [3.63, 3.8) is 0 Å². The van der Waals surface area contributed by atoms with Crippen LogP contribution in [0, 0.1) is 15.5 Å². The number of nitro benzene ring substituents is 1. The fraction of sp³-hybridized carbons (Fsp3) is 0.533. The summed E-state index contributed by atoms with van der Waals surface area (Å²) in [6.07, 6.45) is 3.28. The number of rotatable bonds is 7. The molecule has 1 aliphatic rings. The van der Waals surface area contributed by atoms with E-state index in [2.05, 4.69) is 4.74 Å². The molecule has 122 valence electrons. The van der Waals surface area contributed by atoms with Crippen LogP contribution < -0.4 is 9.47 Å². The Kier molecular flexibility index (Phi) is 6.78. The van der Waals surface area contributed by atoms with Crippen LogP contribution in [0.1, 0.15) is 19.3 Å². The molecule has 2 rings (SSSR count). The van der Waals surface area contributed by atoms with Crippen LogP contribution in [0.3, 0.4) is 0 Å². The van der Waals surface area contributed by atoms with Crippen LogP contribution in [0.2, 0.25) is 0 Å². The van der Waals surface area contributed by atoms with E-state index in [1.807, 2.05) is 0 Å². The van der Waals surface area contributed by atoms with E-state index in [0.29, 0.717) is 24.5 Å². The molecule has 0 N–H and O–H groups in total. The van der Waals surface area contributed by atoms with Gasteiger partial charge in [-0.1, -0.05) is 0 Å². The zero-order valence-corrected chi connectivity index (χ0v) is 13.0. The summed E-state index contributed by atoms with van der Waals surface area (Å²) in [7, 11) is 4.69. The molecule has 0 heterocycles. The highest BCUT2D eigenvalue weighted by Gasteiger charge is 2.43. The van der Waals surface area contributed by atoms with Crippen molar-refractivity contribution in [2.75, 3.05) is 27.9 Å². The molecule has 1 saturated carbocycles. The van der Waals surface area contributed by atoms with Gasteiger partial charge in [-0.25, -0.2) is 0 Å². The van der Waals surface area contributed by atoms with Crippen molar-refractivity contribution in [2.45, 2.75) is 19.3 Å². The number of non-ortho nitro benzene ring substituents is 1. The van der Waals surface area contributed by atoms with Crippen molar-refractivity contribution in [3.8, 4) is 11.5 Å². The van der Waals surface area contributed by atoms with Crippen molar-refractivity contribution < 1.29 is 23.9 Å². The normalized spacial score (nSPS) is 14.3. The number of carbonyl (C=O) groups excluding carboxylic acids is 1. The second-order valence-corrected chi connectivity index (χ2v) is 5.19. The molecule has 7 heteroatoms. The number of nitro groups is 1. The van der Waals surface area contributed by atoms with Gasteiger partial charge in [0.05, 0.1) is 30.8 Å². The van der Waals surface area contributed by atoms with Gasteiger partial charge in [-0.2, -0.15) is 0 Å². The number of aldehydes is 1. The molecule has 0 radical (unpaired) electrons. The molecule has 0 amide bonds. The van der Waals surface area contributed by atoms with Crippen LogP contribution in [0.15, 0.2) is 18.2 Å². The van der Waals surface area contributed by atoms with E-state index < -0.39 is 4.92 Å². The van der Waals surface area contributed by atoms with Gasteiger partial charge in [0, 0.05) is 32.1 Å². The fourth-order valence-electron chi connectivity index (χ4n) is 1.86. The first kappa shape index (κ1) is 17.9. The third-order valence-electron chi connectivity index (χ3n) is 3.33. The van der Waals surface area contributed by atoms with Gasteiger partial charge in [0.1, 0.15) is 17.8 Å². The molecule has 1 aromatic carbocycles. The van der Waals surface area contributed by atoms with Crippen LogP contribution in [-0.2, 0) is 9.53 Å². The Hall–Kier alpha value is -2.15. The first-order valence-corrected chi connectivity index (χ1v) is 6.80. The monoisotopic (exact) mass is 311 g/mol. The maximum atomic E-state index is 10.8. The zero-order chi connectivity index (χ0) is 16.6. The third-order valence-corrected chi connectivity index (χ3v) is 3.33. The summed E-state index contributed by atoms with van der Waals surface area (Å²) in [4.78, 5) is 20.8. The van der Waals surface area contributed by atoms with Gasteiger partial charge in [0.2, 0.25) is 0 Å². The smallest absolute Gasteiger partial charge is 0.276 e. The van der Waals surface area contributed by atoms with Crippen LogP contribution in [0.25, 0.3) is 0 Å². The molecular weight excluding hydrogens is 290 g/mol. The number of carbonyl (C=O) groups is 1. The Balaban J connectivity index is 0.000000745. The predicted molar refractivity (Wildman–Crippen MR) is 80.4 cm³/mol. The summed E-state index contributed by atoms with van der Waals surface area (Å²) in [6, 6.07) is 4.30. The largest absolute Gasteiger partial charge is 0.496 e. The second kappa shape index (κ2) is 8.33. The zero-order valence-electron chi connectivity index (χ0n) is 13.0. The Bertz CT molecular complexity index is 513. The maximum absolute atomic E-state index is 10.8. The molecule has 0 aromatic heterocycles. The van der Waals surface area contributed by atoms with E-state index in [9.17, 15) is 14.9 Å². The molecule has 7 nitrogen and oxygen atoms in total. The summed E-state index contributed by atoms with van der Waals surface area (Å²) in [6.45, 7) is 0.399. The summed E-state index contributed by atoms with van der Waals surface area (Å²) in [5.74, 6) is 0.771. The number of hydrogen-bond donors (Lipinski definition) is 0. The quantitative estimate of drug-likeness (QED) is 0.437. The number of hydrogen-bond acceptors (Lipinski definition) is 6. The number of nitrogens with zero attached hydrogens (tertiary/aromatic N) is 1. The molecule has 22 heavy (non-hydrogen) atoms. The van der Waals surface area contributed by atoms with Gasteiger partial charge in [0.15, 0.2) is 0 Å². The molecular formula is C15H21NO6. The van der Waals surface area contributed by atoms with Gasteiger partial charge in [-0.05, 0) is 12.8 Å². The minimum absolute atomic E-state index is 0.0698. The molecule has 0 unspecified atom stereocenters. The van der Waals surface area contributed by atoms with Gasteiger partial charge in [0.25, 0.3) is 5.69 Å². The lowest BCUT2D eigenvalue weighted by atomic mass is 10.1. The minimum Gasteiger partial charge on any atom is -0.496 e. The molecule has 0 aliphatic heterocycles. The van der Waals surface area contributed by atoms with Crippen LogP contribution in [-0.4, -0.2) is 39.1 Å². The topological polar surface area (TPSA) is 87.9 Å². The number of benzene rings is 1. The second-order valence-electron chi connectivity index (χ2n) is 5.19. The maximum Gasteiger partial charge on any atom is 0.276 e. The van der Waals surface area contributed by atoms with Crippen molar-refractivity contribution in [1.29, 1.82) is 0 Å². The molecule has 0 atom stereocenters. The predicted octanol–water partition coefficient (Wildman–Crippen LogP) is 2.61. The molecule has 0 bridgehead atoms. The summed E-state index contributed by atoms with van der Waals surface area (Å²) in [5, 5.41) is 10.8. The lowest BCUT2D eigenvalue weighted by molar-refractivity contribution is -0.385. The summed E-state index contributed by atoms with van der Waals surface area (Å²) < 4.78 is 14.8. The summed E-state index contributed by atoms with van der Waals surface area (Å²) >= 11 is 0. The van der Waals surface area contributed by atoms with Gasteiger partial charge >= 0.3 is 0 Å². The molecule has 1 fully saturated rings. The van der Waals surface area contributed by atoms with Gasteiger partial charge in [-0.3, -0.25) is 10.1 Å². The van der Waals surface area contributed by atoms with Crippen LogP contribution in [0.5, 0.6) is 11.5 Å². The highest BCUT2D eigenvalue weighted by atomic mass is 16.6. The van der Waals surface area contributed by atoms with Crippen molar-refractivity contribution in [1.82, 2.24) is 0 Å². The highest BCUT2D eigenvalue weighted by molar-refractivity contribution is 5.52. The highest BCUT2D eigenvalue weighted by Crippen LogP contribution is 2.48. The van der Waals surface area contributed by atoms with E-state index >= 15 is 0 Å². The molecule has 1 aliphatic carbocycles. The SMILES string of the molecule is COC.COc1cc(OCC2(CC=O)CC2)cc([N+](=O)[O-])c1. The third kappa shape index (κ3) is 5.33. The van der Waals surface area contributed by atoms with Crippen molar-refractivity contribution >= 4 is 12.0 Å². The van der Waals surface area contributed by atoms with E-state index in [0.717, 1.165) is 19.1 Å². The standard InChI is InChI=1S/C13H15NO5.C2H6O/c1-18-11-6-10(14(16)17)7-12(8-11)19-9-13(2-3-13)4-5-15;1-3-2/h5-8H,2-4,9H2,1H3;1-2H3. The van der Waals surface area contributed by atoms with Crippen LogP contribution >= 0.6 is 0 Å². The average molecular weight is 311 g/mol. The first-order valence-electron chi connectivity index (χ1n) is 6.80. The van der Waals surface area contributed by atoms with E-state index in [1.54, 1.807) is 20.3 Å². The first-order chi connectivity index (χ1) is 10.5. The van der Waals surface area contributed by atoms with Crippen molar-refractivity contribution in [2.24, 2.45) is 5.41 Å². The average Bonchev–Trinajstić information content (AvgIpc) is 3.26. The Morgan fingerprint density at radius 1 is 1.23 bits per heavy atom. The number of methoxy groups -OCH3 is 2.